The summed E-state index contributed by atoms with van der Waals surface area (Å²) in [5.41, 5.74) is 2.20. The van der Waals surface area contributed by atoms with Crippen molar-refractivity contribution in [3.8, 4) is 5.75 Å². The molecule has 0 saturated carbocycles. The molecule has 13 heavy (non-hydrogen) atoms. The highest BCUT2D eigenvalue weighted by Crippen LogP contribution is 2.20. The van der Waals surface area contributed by atoms with Gasteiger partial charge < -0.3 is 5.11 Å². The fourth-order valence-electron chi connectivity index (χ4n) is 1.36. The number of rotatable bonds is 3. The Hall–Kier alpha value is -1.24. The molecule has 0 amide bonds. The lowest BCUT2D eigenvalue weighted by Crippen LogP contribution is -1.84. The second-order valence-corrected chi connectivity index (χ2v) is 3.14. The SMILES string of the molecule is C/C=C\c1cc(CCC)ccc1O. The minimum atomic E-state index is 0.359. The van der Waals surface area contributed by atoms with Crippen molar-refractivity contribution in [2.24, 2.45) is 0 Å². The lowest BCUT2D eigenvalue weighted by molar-refractivity contribution is 0.474. The molecule has 1 rings (SSSR count). The van der Waals surface area contributed by atoms with Crippen molar-refractivity contribution in [1.29, 1.82) is 0 Å². The molecule has 0 atom stereocenters. The molecule has 1 aromatic carbocycles. The Bertz CT molecular complexity index is 300. The number of allylic oxidation sites excluding steroid dienone is 1. The van der Waals surface area contributed by atoms with Gasteiger partial charge in [0, 0.05) is 5.56 Å². The van der Waals surface area contributed by atoms with Crippen molar-refractivity contribution in [2.75, 3.05) is 0 Å². The second-order valence-electron chi connectivity index (χ2n) is 3.14. The Morgan fingerprint density at radius 3 is 2.77 bits per heavy atom. The first-order valence-electron chi connectivity index (χ1n) is 4.72. The number of aryl methyl sites for hydroxylation is 1. The Balaban J connectivity index is 2.96. The smallest absolute Gasteiger partial charge is 0.122 e. The largest absolute Gasteiger partial charge is 0.507 e. The van der Waals surface area contributed by atoms with E-state index in [9.17, 15) is 5.11 Å². The summed E-state index contributed by atoms with van der Waals surface area (Å²) >= 11 is 0. The highest BCUT2D eigenvalue weighted by molar-refractivity contribution is 5.57. The number of phenols is 1. The number of hydrogen-bond donors (Lipinski definition) is 1. The topological polar surface area (TPSA) is 20.2 Å². The van der Waals surface area contributed by atoms with Gasteiger partial charge in [0.15, 0.2) is 0 Å². The van der Waals surface area contributed by atoms with E-state index in [4.69, 9.17) is 0 Å². The number of hydrogen-bond acceptors (Lipinski definition) is 1. The van der Waals surface area contributed by atoms with E-state index < -0.39 is 0 Å². The van der Waals surface area contributed by atoms with Gasteiger partial charge in [0.25, 0.3) is 0 Å². The Labute approximate surface area is 79.7 Å². The highest BCUT2D eigenvalue weighted by Gasteiger charge is 1.98. The summed E-state index contributed by atoms with van der Waals surface area (Å²) in [6, 6.07) is 5.78. The molecule has 0 aliphatic carbocycles. The number of benzene rings is 1. The van der Waals surface area contributed by atoms with Gasteiger partial charge in [0.1, 0.15) is 5.75 Å². The van der Waals surface area contributed by atoms with Crippen molar-refractivity contribution in [2.45, 2.75) is 26.7 Å². The van der Waals surface area contributed by atoms with Crippen LogP contribution < -0.4 is 0 Å². The van der Waals surface area contributed by atoms with Crippen LogP contribution in [0, 0.1) is 0 Å². The Morgan fingerprint density at radius 1 is 1.38 bits per heavy atom. The monoisotopic (exact) mass is 176 g/mol. The van der Waals surface area contributed by atoms with E-state index in [1.165, 1.54) is 5.56 Å². The van der Waals surface area contributed by atoms with E-state index in [1.807, 2.05) is 31.2 Å². The van der Waals surface area contributed by atoms with Crippen LogP contribution in [0.4, 0.5) is 0 Å². The average Bonchev–Trinajstić information content (AvgIpc) is 2.12. The zero-order chi connectivity index (χ0) is 9.68. The van der Waals surface area contributed by atoms with Crippen LogP contribution in [0.25, 0.3) is 6.08 Å². The minimum absolute atomic E-state index is 0.359. The fourth-order valence-corrected chi connectivity index (χ4v) is 1.36. The molecule has 1 nitrogen and oxygen atoms in total. The Morgan fingerprint density at radius 2 is 2.15 bits per heavy atom. The summed E-state index contributed by atoms with van der Waals surface area (Å²) < 4.78 is 0. The fraction of sp³-hybridized carbons (Fsp3) is 0.333. The van der Waals surface area contributed by atoms with E-state index in [0.29, 0.717) is 5.75 Å². The van der Waals surface area contributed by atoms with Gasteiger partial charge in [0.2, 0.25) is 0 Å². The van der Waals surface area contributed by atoms with E-state index in [-0.39, 0.29) is 0 Å². The van der Waals surface area contributed by atoms with E-state index >= 15 is 0 Å². The molecular formula is C12H16O. The van der Waals surface area contributed by atoms with Crippen LogP contribution in [0.15, 0.2) is 24.3 Å². The van der Waals surface area contributed by atoms with Gasteiger partial charge in [0.05, 0.1) is 0 Å². The predicted molar refractivity (Wildman–Crippen MR) is 56.8 cm³/mol. The lowest BCUT2D eigenvalue weighted by atomic mass is 10.1. The highest BCUT2D eigenvalue weighted by atomic mass is 16.3. The second kappa shape index (κ2) is 4.70. The third kappa shape index (κ3) is 2.62. The van der Waals surface area contributed by atoms with Gasteiger partial charge in [-0.15, -0.1) is 0 Å². The molecule has 0 radical (unpaired) electrons. The summed E-state index contributed by atoms with van der Waals surface area (Å²) in [6.07, 6.45) is 6.07. The molecule has 0 spiro atoms. The standard InChI is InChI=1S/C12H16O/c1-3-5-10-7-8-12(13)11(9-10)6-4-2/h4,6-9,13H,3,5H2,1-2H3/b6-4-. The van der Waals surface area contributed by atoms with Crippen molar-refractivity contribution >= 4 is 6.08 Å². The van der Waals surface area contributed by atoms with E-state index in [0.717, 1.165) is 18.4 Å². The maximum atomic E-state index is 9.48. The molecule has 0 aliphatic rings. The molecule has 0 fully saturated rings. The van der Waals surface area contributed by atoms with Crippen molar-refractivity contribution in [3.63, 3.8) is 0 Å². The molecule has 1 heteroatoms. The normalized spacial score (nSPS) is 10.9. The molecule has 1 aromatic rings. The maximum absolute atomic E-state index is 9.48. The summed E-state index contributed by atoms with van der Waals surface area (Å²) in [7, 11) is 0. The molecule has 0 bridgehead atoms. The van der Waals surface area contributed by atoms with Crippen LogP contribution in [0.5, 0.6) is 5.75 Å². The van der Waals surface area contributed by atoms with Crippen molar-refractivity contribution in [1.82, 2.24) is 0 Å². The van der Waals surface area contributed by atoms with E-state index in [1.54, 1.807) is 6.07 Å². The third-order valence-corrected chi connectivity index (χ3v) is 1.98. The molecular weight excluding hydrogens is 160 g/mol. The van der Waals surface area contributed by atoms with Gasteiger partial charge in [-0.3, -0.25) is 0 Å². The van der Waals surface area contributed by atoms with Crippen LogP contribution in [0.3, 0.4) is 0 Å². The first-order chi connectivity index (χ1) is 6.27. The zero-order valence-corrected chi connectivity index (χ0v) is 8.25. The van der Waals surface area contributed by atoms with Gasteiger partial charge in [-0.1, -0.05) is 31.6 Å². The van der Waals surface area contributed by atoms with Crippen molar-refractivity contribution < 1.29 is 5.11 Å². The summed E-state index contributed by atoms with van der Waals surface area (Å²) in [5, 5.41) is 9.48. The molecule has 0 aromatic heterocycles. The lowest BCUT2D eigenvalue weighted by Gasteiger charge is -2.02. The van der Waals surface area contributed by atoms with Gasteiger partial charge in [-0.05, 0) is 31.0 Å². The van der Waals surface area contributed by atoms with Crippen molar-refractivity contribution in [3.05, 3.63) is 35.4 Å². The average molecular weight is 176 g/mol. The van der Waals surface area contributed by atoms with Crippen LogP contribution in [0.1, 0.15) is 31.4 Å². The number of phenolic OH excluding ortho intramolecular Hbond substituents is 1. The quantitative estimate of drug-likeness (QED) is 0.748. The predicted octanol–water partition coefficient (Wildman–Crippen LogP) is 3.38. The summed E-state index contributed by atoms with van der Waals surface area (Å²) in [5.74, 6) is 0.359. The number of aromatic hydroxyl groups is 1. The first kappa shape index (κ1) is 9.85. The van der Waals surface area contributed by atoms with Gasteiger partial charge in [-0.25, -0.2) is 0 Å². The van der Waals surface area contributed by atoms with Gasteiger partial charge in [-0.2, -0.15) is 0 Å². The molecule has 0 unspecified atom stereocenters. The van der Waals surface area contributed by atoms with Gasteiger partial charge >= 0.3 is 0 Å². The summed E-state index contributed by atoms with van der Waals surface area (Å²) in [6.45, 7) is 4.11. The van der Waals surface area contributed by atoms with Crippen LogP contribution >= 0.6 is 0 Å². The molecule has 0 heterocycles. The minimum Gasteiger partial charge on any atom is -0.507 e. The zero-order valence-electron chi connectivity index (χ0n) is 8.25. The third-order valence-electron chi connectivity index (χ3n) is 1.98. The van der Waals surface area contributed by atoms with Crippen LogP contribution in [-0.4, -0.2) is 5.11 Å². The first-order valence-corrected chi connectivity index (χ1v) is 4.72. The molecule has 1 N–H and O–H groups in total. The van der Waals surface area contributed by atoms with Crippen LogP contribution in [-0.2, 0) is 6.42 Å². The Kier molecular flexibility index (Phi) is 3.56. The van der Waals surface area contributed by atoms with Crippen LogP contribution in [0.2, 0.25) is 0 Å². The molecule has 70 valence electrons. The van der Waals surface area contributed by atoms with E-state index in [2.05, 4.69) is 6.92 Å². The molecule has 0 aliphatic heterocycles. The maximum Gasteiger partial charge on any atom is 0.122 e. The summed E-state index contributed by atoms with van der Waals surface area (Å²) in [4.78, 5) is 0. The molecule has 0 saturated heterocycles.